The maximum atomic E-state index is 12.4. The molecule has 0 radical (unpaired) electrons. The largest absolute Gasteiger partial charge is 0.491 e. The fraction of sp³-hybridized carbons (Fsp3) is 0.214. The topological polar surface area (TPSA) is 42.7 Å². The molecule has 1 aromatic carbocycles. The van der Waals surface area contributed by atoms with Crippen molar-refractivity contribution in [1.82, 2.24) is 4.90 Å². The highest BCUT2D eigenvalue weighted by Crippen LogP contribution is 2.25. The predicted molar refractivity (Wildman–Crippen MR) is 73.1 cm³/mol. The summed E-state index contributed by atoms with van der Waals surface area (Å²) in [6.45, 7) is 1.61. The van der Waals surface area contributed by atoms with Crippen molar-refractivity contribution in [3.63, 3.8) is 0 Å². The third-order valence-electron chi connectivity index (χ3n) is 3.09. The Morgan fingerprint density at radius 2 is 2.11 bits per heavy atom. The van der Waals surface area contributed by atoms with E-state index in [0.717, 1.165) is 11.3 Å². The second-order valence-electron chi connectivity index (χ2n) is 4.29. The number of nitrogens with zero attached hydrogens (tertiary/aromatic N) is 1. The zero-order chi connectivity index (χ0) is 13.2. The Morgan fingerprint density at radius 3 is 2.89 bits per heavy atom. The molecule has 1 aliphatic rings. The molecule has 1 aromatic heterocycles. The predicted octanol–water partition coefficient (Wildman–Crippen LogP) is 3.08. The molecular weight excluding hydrogens is 310 g/mol. The van der Waals surface area contributed by atoms with Crippen LogP contribution < -0.4 is 4.74 Å². The molecule has 0 unspecified atom stereocenters. The Kier molecular flexibility index (Phi) is 3.29. The third kappa shape index (κ3) is 2.38. The second-order valence-corrected chi connectivity index (χ2v) is 5.01. The second kappa shape index (κ2) is 5.09. The van der Waals surface area contributed by atoms with Gasteiger partial charge in [-0.3, -0.25) is 4.79 Å². The molecule has 19 heavy (non-hydrogen) atoms. The van der Waals surface area contributed by atoms with Gasteiger partial charge in [0.25, 0.3) is 5.91 Å². The van der Waals surface area contributed by atoms with Gasteiger partial charge in [0.1, 0.15) is 12.4 Å². The first-order valence-corrected chi connectivity index (χ1v) is 6.78. The number of hydrogen-bond donors (Lipinski definition) is 0. The van der Waals surface area contributed by atoms with E-state index in [2.05, 4.69) is 15.9 Å². The molecule has 0 aliphatic carbocycles. The van der Waals surface area contributed by atoms with Gasteiger partial charge in [0, 0.05) is 12.1 Å². The highest BCUT2D eigenvalue weighted by Gasteiger charge is 2.23. The zero-order valence-corrected chi connectivity index (χ0v) is 11.7. The molecule has 3 rings (SSSR count). The molecule has 0 saturated heterocycles. The maximum Gasteiger partial charge on any atom is 0.258 e. The molecular formula is C14H12BrNO3. The van der Waals surface area contributed by atoms with Crippen LogP contribution in [0.1, 0.15) is 15.9 Å². The van der Waals surface area contributed by atoms with Gasteiger partial charge in [0.05, 0.1) is 18.4 Å². The van der Waals surface area contributed by atoms with E-state index in [1.807, 2.05) is 24.3 Å². The first-order chi connectivity index (χ1) is 9.25. The lowest BCUT2D eigenvalue weighted by Crippen LogP contribution is -2.32. The lowest BCUT2D eigenvalue weighted by Gasteiger charge is -2.19. The van der Waals surface area contributed by atoms with Crippen LogP contribution in [0.5, 0.6) is 5.75 Å². The minimum atomic E-state index is -0.0547. The Morgan fingerprint density at radius 1 is 1.26 bits per heavy atom. The number of carbonyl (C=O) groups is 1. The van der Waals surface area contributed by atoms with E-state index in [9.17, 15) is 4.79 Å². The molecule has 0 N–H and O–H groups in total. The molecule has 2 heterocycles. The Balaban J connectivity index is 1.87. The summed E-state index contributed by atoms with van der Waals surface area (Å²) in [6, 6.07) is 9.46. The van der Waals surface area contributed by atoms with Gasteiger partial charge in [-0.15, -0.1) is 0 Å². The van der Waals surface area contributed by atoms with Crippen LogP contribution in [0.2, 0.25) is 0 Å². The number of benzene rings is 1. The molecule has 1 amide bonds. The molecule has 4 nitrogen and oxygen atoms in total. The Bertz CT molecular complexity index is 608. The standard InChI is InChI=1S/C14H12BrNO3/c15-13-11(5-7-19-13)14(17)16-6-8-18-12-4-2-1-3-10(12)9-16/h1-5,7H,6,8-9H2. The molecule has 98 valence electrons. The van der Waals surface area contributed by atoms with Crippen LogP contribution in [-0.4, -0.2) is 24.0 Å². The summed E-state index contributed by atoms with van der Waals surface area (Å²) in [6.07, 6.45) is 1.50. The van der Waals surface area contributed by atoms with E-state index in [4.69, 9.17) is 9.15 Å². The molecule has 2 aromatic rings. The van der Waals surface area contributed by atoms with Gasteiger partial charge in [0.15, 0.2) is 4.67 Å². The van der Waals surface area contributed by atoms with Crippen LogP contribution in [0.4, 0.5) is 0 Å². The van der Waals surface area contributed by atoms with Crippen molar-refractivity contribution in [2.75, 3.05) is 13.2 Å². The van der Waals surface area contributed by atoms with Crippen LogP contribution in [0.15, 0.2) is 45.7 Å². The van der Waals surface area contributed by atoms with Gasteiger partial charge in [-0.25, -0.2) is 0 Å². The van der Waals surface area contributed by atoms with E-state index in [0.29, 0.717) is 29.9 Å². The SMILES string of the molecule is O=C(c1ccoc1Br)N1CCOc2ccccc2C1. The fourth-order valence-electron chi connectivity index (χ4n) is 2.12. The summed E-state index contributed by atoms with van der Waals surface area (Å²) in [5.41, 5.74) is 1.56. The molecule has 5 heteroatoms. The van der Waals surface area contributed by atoms with Gasteiger partial charge in [-0.1, -0.05) is 18.2 Å². The Hall–Kier alpha value is -1.75. The summed E-state index contributed by atoms with van der Waals surface area (Å²) in [7, 11) is 0. The fourth-order valence-corrected chi connectivity index (χ4v) is 2.53. The van der Waals surface area contributed by atoms with Gasteiger partial charge >= 0.3 is 0 Å². The van der Waals surface area contributed by atoms with Crippen molar-refractivity contribution >= 4 is 21.8 Å². The van der Waals surface area contributed by atoms with Crippen molar-refractivity contribution in [3.8, 4) is 5.75 Å². The summed E-state index contributed by atoms with van der Waals surface area (Å²) >= 11 is 3.24. The minimum absolute atomic E-state index is 0.0547. The van der Waals surface area contributed by atoms with Crippen LogP contribution in [-0.2, 0) is 6.54 Å². The van der Waals surface area contributed by atoms with Crippen LogP contribution in [0, 0.1) is 0 Å². The van der Waals surface area contributed by atoms with Crippen LogP contribution in [0.3, 0.4) is 0 Å². The van der Waals surface area contributed by atoms with Gasteiger partial charge in [-0.2, -0.15) is 0 Å². The number of halogens is 1. The summed E-state index contributed by atoms with van der Waals surface area (Å²) in [5, 5.41) is 0. The van der Waals surface area contributed by atoms with Gasteiger partial charge < -0.3 is 14.1 Å². The summed E-state index contributed by atoms with van der Waals surface area (Å²) < 4.78 is 11.2. The van der Waals surface area contributed by atoms with E-state index in [1.54, 1.807) is 11.0 Å². The highest BCUT2D eigenvalue weighted by molar-refractivity contribution is 9.10. The van der Waals surface area contributed by atoms with E-state index < -0.39 is 0 Å². The summed E-state index contributed by atoms with van der Waals surface area (Å²) in [4.78, 5) is 14.2. The highest BCUT2D eigenvalue weighted by atomic mass is 79.9. The summed E-state index contributed by atoms with van der Waals surface area (Å²) in [5.74, 6) is 0.796. The number of rotatable bonds is 1. The lowest BCUT2D eigenvalue weighted by molar-refractivity contribution is 0.0731. The quantitative estimate of drug-likeness (QED) is 0.810. The molecule has 1 aliphatic heterocycles. The minimum Gasteiger partial charge on any atom is -0.491 e. The monoisotopic (exact) mass is 321 g/mol. The molecule has 0 fully saturated rings. The van der Waals surface area contributed by atoms with Crippen LogP contribution in [0.25, 0.3) is 0 Å². The number of furan rings is 1. The van der Waals surface area contributed by atoms with Crippen LogP contribution >= 0.6 is 15.9 Å². The lowest BCUT2D eigenvalue weighted by atomic mass is 10.2. The zero-order valence-electron chi connectivity index (χ0n) is 10.1. The first kappa shape index (κ1) is 12.3. The maximum absolute atomic E-state index is 12.4. The number of amides is 1. The average Bonchev–Trinajstić information content (AvgIpc) is 2.73. The van der Waals surface area contributed by atoms with E-state index in [-0.39, 0.29) is 5.91 Å². The van der Waals surface area contributed by atoms with E-state index in [1.165, 1.54) is 6.26 Å². The van der Waals surface area contributed by atoms with Gasteiger partial charge in [-0.05, 0) is 28.1 Å². The van der Waals surface area contributed by atoms with Crippen molar-refractivity contribution in [2.45, 2.75) is 6.54 Å². The smallest absolute Gasteiger partial charge is 0.258 e. The first-order valence-electron chi connectivity index (χ1n) is 5.98. The van der Waals surface area contributed by atoms with Crippen molar-refractivity contribution in [3.05, 3.63) is 52.4 Å². The Labute approximate surface area is 119 Å². The molecule has 0 saturated carbocycles. The number of carbonyl (C=O) groups excluding carboxylic acids is 1. The number of para-hydroxylation sites is 1. The number of fused-ring (bicyclic) bond motifs is 1. The van der Waals surface area contributed by atoms with E-state index >= 15 is 0 Å². The molecule has 0 bridgehead atoms. The third-order valence-corrected chi connectivity index (χ3v) is 3.70. The van der Waals surface area contributed by atoms with Crippen molar-refractivity contribution < 1.29 is 13.9 Å². The molecule has 0 atom stereocenters. The molecule has 0 spiro atoms. The van der Waals surface area contributed by atoms with Crippen molar-refractivity contribution in [1.29, 1.82) is 0 Å². The average molecular weight is 322 g/mol. The van der Waals surface area contributed by atoms with Gasteiger partial charge in [0.2, 0.25) is 0 Å². The number of ether oxygens (including phenoxy) is 1. The number of hydrogen-bond acceptors (Lipinski definition) is 3. The van der Waals surface area contributed by atoms with Crippen molar-refractivity contribution in [2.24, 2.45) is 0 Å². The normalized spacial score (nSPS) is 14.5.